The van der Waals surface area contributed by atoms with E-state index in [1.165, 1.54) is 18.4 Å². The molecule has 1 fully saturated rings. The van der Waals surface area contributed by atoms with Crippen molar-refractivity contribution in [2.45, 2.75) is 39.2 Å². The molecule has 0 amide bonds. The summed E-state index contributed by atoms with van der Waals surface area (Å²) in [6.07, 6.45) is 2.37. The molecule has 20 heavy (non-hydrogen) atoms. The van der Waals surface area contributed by atoms with Crippen LogP contribution in [0.1, 0.15) is 38.2 Å². The Labute approximate surface area is 119 Å². The van der Waals surface area contributed by atoms with E-state index >= 15 is 0 Å². The van der Waals surface area contributed by atoms with Crippen LogP contribution in [0.15, 0.2) is 23.0 Å². The zero-order valence-corrected chi connectivity index (χ0v) is 12.3. The Morgan fingerprint density at radius 2 is 2.05 bits per heavy atom. The van der Waals surface area contributed by atoms with E-state index in [9.17, 15) is 4.79 Å². The summed E-state index contributed by atoms with van der Waals surface area (Å²) in [6.45, 7) is 7.24. The van der Waals surface area contributed by atoms with Gasteiger partial charge in [0, 0.05) is 6.54 Å². The maximum Gasteiger partial charge on any atom is 0.326 e. The normalized spacial score (nSPS) is 17.1. The number of nitrogens with zero attached hydrogens (tertiary/aromatic N) is 1. The van der Waals surface area contributed by atoms with Gasteiger partial charge >= 0.3 is 5.69 Å². The largest absolute Gasteiger partial charge is 0.326 e. The highest BCUT2D eigenvalue weighted by Gasteiger charge is 2.17. The summed E-state index contributed by atoms with van der Waals surface area (Å²) < 4.78 is 1.88. The molecule has 1 aromatic carbocycles. The Morgan fingerprint density at radius 1 is 1.30 bits per heavy atom. The first-order valence-corrected chi connectivity index (χ1v) is 7.58. The Kier molecular flexibility index (Phi) is 3.66. The molecular weight excluding hydrogens is 250 g/mol. The van der Waals surface area contributed by atoms with Crippen LogP contribution in [0.2, 0.25) is 0 Å². The van der Waals surface area contributed by atoms with Crippen LogP contribution in [0.25, 0.3) is 11.0 Å². The van der Waals surface area contributed by atoms with E-state index in [2.05, 4.69) is 42.3 Å². The monoisotopic (exact) mass is 273 g/mol. The molecule has 1 saturated heterocycles. The summed E-state index contributed by atoms with van der Waals surface area (Å²) in [6, 6.07) is 6.45. The molecule has 108 valence electrons. The molecule has 0 unspecified atom stereocenters. The highest BCUT2D eigenvalue weighted by molar-refractivity contribution is 5.76. The van der Waals surface area contributed by atoms with Crippen LogP contribution in [0.4, 0.5) is 0 Å². The van der Waals surface area contributed by atoms with Crippen molar-refractivity contribution >= 4 is 11.0 Å². The predicted molar refractivity (Wildman–Crippen MR) is 82.2 cm³/mol. The number of benzene rings is 1. The van der Waals surface area contributed by atoms with Gasteiger partial charge in [0.25, 0.3) is 0 Å². The third-order valence-electron chi connectivity index (χ3n) is 4.16. The highest BCUT2D eigenvalue weighted by atomic mass is 16.1. The van der Waals surface area contributed by atoms with Crippen LogP contribution in [-0.4, -0.2) is 22.6 Å². The maximum absolute atomic E-state index is 12.1. The molecule has 0 radical (unpaired) electrons. The summed E-state index contributed by atoms with van der Waals surface area (Å²) in [5.74, 6) is 1.09. The second-order valence-electron chi connectivity index (χ2n) is 6.24. The van der Waals surface area contributed by atoms with E-state index in [1.807, 2.05) is 4.57 Å². The molecule has 3 rings (SSSR count). The van der Waals surface area contributed by atoms with Crippen molar-refractivity contribution in [3.05, 3.63) is 34.2 Å². The van der Waals surface area contributed by atoms with Gasteiger partial charge in [-0.15, -0.1) is 0 Å². The van der Waals surface area contributed by atoms with Crippen molar-refractivity contribution in [3.8, 4) is 0 Å². The Morgan fingerprint density at radius 3 is 2.75 bits per heavy atom. The van der Waals surface area contributed by atoms with Gasteiger partial charge in [-0.1, -0.05) is 19.9 Å². The zero-order chi connectivity index (χ0) is 14.1. The van der Waals surface area contributed by atoms with Crippen LogP contribution in [-0.2, 0) is 6.54 Å². The summed E-state index contributed by atoms with van der Waals surface area (Å²) in [5.41, 5.74) is 3.39. The second kappa shape index (κ2) is 5.44. The molecule has 0 aliphatic carbocycles. The average molecular weight is 273 g/mol. The molecule has 1 aliphatic rings. The second-order valence-corrected chi connectivity index (χ2v) is 6.24. The van der Waals surface area contributed by atoms with Crippen LogP contribution >= 0.6 is 0 Å². The van der Waals surface area contributed by atoms with Crippen LogP contribution in [0, 0.1) is 5.92 Å². The lowest BCUT2D eigenvalue weighted by molar-refractivity contribution is 0.460. The highest BCUT2D eigenvalue weighted by Crippen LogP contribution is 2.27. The summed E-state index contributed by atoms with van der Waals surface area (Å²) in [4.78, 5) is 15.0. The lowest BCUT2D eigenvalue weighted by atomic mass is 9.90. The number of aromatic amines is 1. The van der Waals surface area contributed by atoms with Crippen molar-refractivity contribution in [1.29, 1.82) is 0 Å². The van der Waals surface area contributed by atoms with E-state index in [-0.39, 0.29) is 5.69 Å². The fraction of sp³-hybridized carbons (Fsp3) is 0.562. The number of piperidine rings is 1. The first-order chi connectivity index (χ1) is 9.65. The standard InChI is InChI=1S/C16H23N3O/c1-11(2)10-19-15-9-13(12-5-7-17-8-6-12)3-4-14(15)18-16(19)20/h3-4,9,11-12,17H,5-8,10H2,1-2H3,(H,18,20). The Balaban J connectivity index is 2.02. The number of nitrogens with one attached hydrogen (secondary N) is 2. The number of H-pyrrole nitrogens is 1. The third-order valence-corrected chi connectivity index (χ3v) is 4.16. The maximum atomic E-state index is 12.1. The molecule has 2 heterocycles. The number of fused-ring (bicyclic) bond motifs is 1. The van der Waals surface area contributed by atoms with Gasteiger partial charge in [-0.25, -0.2) is 4.79 Å². The van der Waals surface area contributed by atoms with Gasteiger partial charge < -0.3 is 10.3 Å². The molecule has 0 spiro atoms. The van der Waals surface area contributed by atoms with Crippen molar-refractivity contribution < 1.29 is 0 Å². The summed E-state index contributed by atoms with van der Waals surface area (Å²) in [7, 11) is 0. The van der Waals surface area contributed by atoms with Gasteiger partial charge in [0.2, 0.25) is 0 Å². The SMILES string of the molecule is CC(C)Cn1c(=O)[nH]c2ccc(C3CCNCC3)cc21. The Bertz CT molecular complexity index is 647. The summed E-state index contributed by atoms with van der Waals surface area (Å²) >= 11 is 0. The quantitative estimate of drug-likeness (QED) is 0.902. The lowest BCUT2D eigenvalue weighted by Crippen LogP contribution is -2.26. The molecule has 1 aromatic heterocycles. The van der Waals surface area contributed by atoms with Crippen LogP contribution in [0.3, 0.4) is 0 Å². The van der Waals surface area contributed by atoms with Gasteiger partial charge in [-0.3, -0.25) is 4.57 Å². The molecular formula is C16H23N3O. The number of imidazole rings is 1. The van der Waals surface area contributed by atoms with Gasteiger partial charge in [0.1, 0.15) is 0 Å². The van der Waals surface area contributed by atoms with Gasteiger partial charge in [0.15, 0.2) is 0 Å². The minimum atomic E-state index is 0.0103. The lowest BCUT2D eigenvalue weighted by Gasteiger charge is -2.23. The summed E-state index contributed by atoms with van der Waals surface area (Å²) in [5, 5.41) is 3.40. The van der Waals surface area contributed by atoms with Crippen molar-refractivity contribution in [3.63, 3.8) is 0 Å². The number of hydrogen-bond donors (Lipinski definition) is 2. The zero-order valence-electron chi connectivity index (χ0n) is 12.3. The van der Waals surface area contributed by atoms with E-state index in [0.717, 1.165) is 30.7 Å². The third kappa shape index (κ3) is 2.52. The molecule has 2 N–H and O–H groups in total. The van der Waals surface area contributed by atoms with E-state index in [4.69, 9.17) is 0 Å². The molecule has 0 saturated carbocycles. The fourth-order valence-electron chi connectivity index (χ4n) is 3.13. The Hall–Kier alpha value is -1.55. The molecule has 0 bridgehead atoms. The average Bonchev–Trinajstić information content (AvgIpc) is 2.75. The van der Waals surface area contributed by atoms with Gasteiger partial charge in [-0.05, 0) is 55.5 Å². The minimum Gasteiger partial charge on any atom is -0.317 e. The van der Waals surface area contributed by atoms with Crippen molar-refractivity contribution in [2.75, 3.05) is 13.1 Å². The van der Waals surface area contributed by atoms with Crippen LogP contribution in [0.5, 0.6) is 0 Å². The smallest absolute Gasteiger partial charge is 0.317 e. The molecule has 4 nitrogen and oxygen atoms in total. The van der Waals surface area contributed by atoms with Crippen molar-refractivity contribution in [2.24, 2.45) is 5.92 Å². The first-order valence-electron chi connectivity index (χ1n) is 7.58. The number of aromatic nitrogens is 2. The molecule has 0 atom stereocenters. The molecule has 4 heteroatoms. The number of rotatable bonds is 3. The molecule has 1 aliphatic heterocycles. The number of hydrogen-bond acceptors (Lipinski definition) is 2. The fourth-order valence-corrected chi connectivity index (χ4v) is 3.13. The minimum absolute atomic E-state index is 0.0103. The molecule has 2 aromatic rings. The van der Waals surface area contributed by atoms with E-state index in [0.29, 0.717) is 11.8 Å². The predicted octanol–water partition coefficient (Wildman–Crippen LogP) is 2.45. The van der Waals surface area contributed by atoms with E-state index < -0.39 is 0 Å². The topological polar surface area (TPSA) is 49.8 Å². The van der Waals surface area contributed by atoms with E-state index in [1.54, 1.807) is 0 Å². The van der Waals surface area contributed by atoms with Crippen molar-refractivity contribution in [1.82, 2.24) is 14.9 Å². The van der Waals surface area contributed by atoms with Crippen LogP contribution < -0.4 is 11.0 Å². The first kappa shape index (κ1) is 13.4. The van der Waals surface area contributed by atoms with Gasteiger partial charge in [-0.2, -0.15) is 0 Å². The van der Waals surface area contributed by atoms with Gasteiger partial charge in [0.05, 0.1) is 11.0 Å².